The molecule has 1 aromatic carbocycles. The van der Waals surface area contributed by atoms with Gasteiger partial charge in [-0.2, -0.15) is 0 Å². The molecule has 0 radical (unpaired) electrons. The lowest BCUT2D eigenvalue weighted by molar-refractivity contribution is -0.384. The van der Waals surface area contributed by atoms with Gasteiger partial charge in [0.1, 0.15) is 5.69 Å². The largest absolute Gasteiger partial charge is 0.382 e. The van der Waals surface area contributed by atoms with E-state index in [0.717, 1.165) is 12.2 Å². The molecule has 0 amide bonds. The standard InChI is InChI=1S/C12H16N2O3/c1-13-12-10(8-17-7-9-5-6-9)3-2-4-11(12)14(15)16/h2-4,9,13H,5-8H2,1H3. The number of hydrogen-bond acceptors (Lipinski definition) is 4. The van der Waals surface area contributed by atoms with Gasteiger partial charge < -0.3 is 10.1 Å². The predicted octanol–water partition coefficient (Wildman–Crippen LogP) is 2.56. The third-order valence-electron chi connectivity index (χ3n) is 2.88. The quantitative estimate of drug-likeness (QED) is 0.609. The molecule has 17 heavy (non-hydrogen) atoms. The molecule has 1 N–H and O–H groups in total. The van der Waals surface area contributed by atoms with Gasteiger partial charge in [0.2, 0.25) is 0 Å². The van der Waals surface area contributed by atoms with Crippen molar-refractivity contribution in [3.8, 4) is 0 Å². The molecule has 0 spiro atoms. The van der Waals surface area contributed by atoms with Crippen molar-refractivity contribution in [1.82, 2.24) is 0 Å². The van der Waals surface area contributed by atoms with Gasteiger partial charge in [0, 0.05) is 25.3 Å². The van der Waals surface area contributed by atoms with E-state index in [1.165, 1.54) is 18.9 Å². The Morgan fingerprint density at radius 1 is 1.53 bits per heavy atom. The molecule has 0 heterocycles. The lowest BCUT2D eigenvalue weighted by Crippen LogP contribution is -2.03. The van der Waals surface area contributed by atoms with E-state index in [4.69, 9.17) is 4.74 Å². The number of nitro groups is 1. The van der Waals surface area contributed by atoms with E-state index in [0.29, 0.717) is 18.2 Å². The summed E-state index contributed by atoms with van der Waals surface area (Å²) in [6, 6.07) is 5.04. The van der Waals surface area contributed by atoms with E-state index in [9.17, 15) is 10.1 Å². The zero-order valence-corrected chi connectivity index (χ0v) is 9.81. The van der Waals surface area contributed by atoms with E-state index in [2.05, 4.69) is 5.32 Å². The Bertz CT molecular complexity index is 416. The van der Waals surface area contributed by atoms with Gasteiger partial charge in [-0.15, -0.1) is 0 Å². The molecule has 0 aliphatic heterocycles. The highest BCUT2D eigenvalue weighted by Crippen LogP contribution is 2.31. The topological polar surface area (TPSA) is 64.4 Å². The van der Waals surface area contributed by atoms with Crippen LogP contribution < -0.4 is 5.32 Å². The van der Waals surface area contributed by atoms with Crippen molar-refractivity contribution < 1.29 is 9.66 Å². The van der Waals surface area contributed by atoms with Crippen molar-refractivity contribution in [3.05, 3.63) is 33.9 Å². The van der Waals surface area contributed by atoms with Crippen molar-refractivity contribution in [2.75, 3.05) is 19.0 Å². The molecule has 2 rings (SSSR count). The van der Waals surface area contributed by atoms with E-state index >= 15 is 0 Å². The molecule has 92 valence electrons. The number of rotatable bonds is 6. The second-order valence-corrected chi connectivity index (χ2v) is 4.28. The minimum Gasteiger partial charge on any atom is -0.382 e. The fourth-order valence-corrected chi connectivity index (χ4v) is 1.77. The minimum atomic E-state index is -0.379. The lowest BCUT2D eigenvalue weighted by atomic mass is 10.1. The van der Waals surface area contributed by atoms with Gasteiger partial charge in [-0.3, -0.25) is 10.1 Å². The summed E-state index contributed by atoms with van der Waals surface area (Å²) in [4.78, 5) is 10.5. The first-order valence-electron chi connectivity index (χ1n) is 5.74. The van der Waals surface area contributed by atoms with Crippen molar-refractivity contribution in [2.24, 2.45) is 5.92 Å². The molecule has 1 aliphatic carbocycles. The Kier molecular flexibility index (Phi) is 3.58. The third kappa shape index (κ3) is 2.94. The molecule has 1 aliphatic rings. The smallest absolute Gasteiger partial charge is 0.292 e. The average Bonchev–Trinajstić information content (AvgIpc) is 3.12. The Labute approximate surface area is 99.9 Å². The van der Waals surface area contributed by atoms with E-state index < -0.39 is 0 Å². The predicted molar refractivity (Wildman–Crippen MR) is 65.0 cm³/mol. The maximum atomic E-state index is 10.8. The van der Waals surface area contributed by atoms with Crippen LogP contribution in [-0.4, -0.2) is 18.6 Å². The summed E-state index contributed by atoms with van der Waals surface area (Å²) in [6.07, 6.45) is 2.49. The Morgan fingerprint density at radius 3 is 2.88 bits per heavy atom. The number of nitrogens with one attached hydrogen (secondary N) is 1. The van der Waals surface area contributed by atoms with Gasteiger partial charge in [-0.25, -0.2) is 0 Å². The number of benzene rings is 1. The van der Waals surface area contributed by atoms with Crippen molar-refractivity contribution >= 4 is 11.4 Å². The fourth-order valence-electron chi connectivity index (χ4n) is 1.77. The average molecular weight is 236 g/mol. The maximum absolute atomic E-state index is 10.8. The molecular formula is C12H16N2O3. The number of nitro benzene ring substituents is 1. The van der Waals surface area contributed by atoms with Crippen LogP contribution in [0.3, 0.4) is 0 Å². The molecule has 5 nitrogen and oxygen atoms in total. The van der Waals surface area contributed by atoms with Gasteiger partial charge >= 0.3 is 0 Å². The molecular weight excluding hydrogens is 220 g/mol. The second kappa shape index (κ2) is 5.14. The Balaban J connectivity index is 2.08. The van der Waals surface area contributed by atoms with Crippen LogP contribution in [0.25, 0.3) is 0 Å². The molecule has 0 saturated heterocycles. The van der Waals surface area contributed by atoms with Gasteiger partial charge in [-0.05, 0) is 18.8 Å². The second-order valence-electron chi connectivity index (χ2n) is 4.28. The molecule has 0 aromatic heterocycles. The first-order chi connectivity index (χ1) is 8.22. The van der Waals surface area contributed by atoms with Crippen molar-refractivity contribution in [2.45, 2.75) is 19.4 Å². The summed E-state index contributed by atoms with van der Waals surface area (Å²) in [5.74, 6) is 0.701. The Morgan fingerprint density at radius 2 is 2.29 bits per heavy atom. The molecule has 0 atom stereocenters. The molecule has 1 saturated carbocycles. The highest BCUT2D eigenvalue weighted by atomic mass is 16.6. The van der Waals surface area contributed by atoms with Crippen LogP contribution in [0.1, 0.15) is 18.4 Å². The highest BCUT2D eigenvalue weighted by Gasteiger charge is 2.22. The van der Waals surface area contributed by atoms with Crippen LogP contribution in [0.15, 0.2) is 18.2 Å². The summed E-state index contributed by atoms with van der Waals surface area (Å²) in [5, 5.41) is 13.7. The van der Waals surface area contributed by atoms with Crippen LogP contribution in [0.5, 0.6) is 0 Å². The number of hydrogen-bond donors (Lipinski definition) is 1. The normalized spacial score (nSPS) is 14.6. The number of para-hydroxylation sites is 1. The van der Waals surface area contributed by atoms with Gasteiger partial charge in [-0.1, -0.05) is 12.1 Å². The molecule has 5 heteroatoms. The summed E-state index contributed by atoms with van der Waals surface area (Å²) in [6.45, 7) is 1.18. The summed E-state index contributed by atoms with van der Waals surface area (Å²) in [5.41, 5.74) is 1.48. The summed E-state index contributed by atoms with van der Waals surface area (Å²) in [7, 11) is 1.69. The molecule has 1 aromatic rings. The lowest BCUT2D eigenvalue weighted by Gasteiger charge is -2.09. The fraction of sp³-hybridized carbons (Fsp3) is 0.500. The maximum Gasteiger partial charge on any atom is 0.292 e. The Hall–Kier alpha value is -1.62. The van der Waals surface area contributed by atoms with Crippen LogP contribution in [0.4, 0.5) is 11.4 Å². The summed E-state index contributed by atoms with van der Waals surface area (Å²) < 4.78 is 5.56. The highest BCUT2D eigenvalue weighted by molar-refractivity contribution is 5.65. The SMILES string of the molecule is CNc1c(COCC2CC2)cccc1[N+](=O)[O-]. The first kappa shape index (κ1) is 11.9. The van der Waals surface area contributed by atoms with E-state index in [1.807, 2.05) is 6.07 Å². The van der Waals surface area contributed by atoms with Crippen LogP contribution in [0, 0.1) is 16.0 Å². The summed E-state index contributed by atoms with van der Waals surface area (Å²) >= 11 is 0. The zero-order chi connectivity index (χ0) is 12.3. The number of ether oxygens (including phenoxy) is 1. The van der Waals surface area contributed by atoms with Crippen molar-refractivity contribution in [3.63, 3.8) is 0 Å². The van der Waals surface area contributed by atoms with Crippen LogP contribution in [0.2, 0.25) is 0 Å². The van der Waals surface area contributed by atoms with E-state index in [1.54, 1.807) is 13.1 Å². The van der Waals surface area contributed by atoms with Gasteiger partial charge in [0.25, 0.3) is 5.69 Å². The molecule has 1 fully saturated rings. The van der Waals surface area contributed by atoms with Crippen molar-refractivity contribution in [1.29, 1.82) is 0 Å². The van der Waals surface area contributed by atoms with Crippen LogP contribution >= 0.6 is 0 Å². The number of nitrogens with zero attached hydrogens (tertiary/aromatic N) is 1. The van der Waals surface area contributed by atoms with Crippen LogP contribution in [-0.2, 0) is 11.3 Å². The van der Waals surface area contributed by atoms with Gasteiger partial charge in [0.15, 0.2) is 0 Å². The van der Waals surface area contributed by atoms with E-state index in [-0.39, 0.29) is 10.6 Å². The van der Waals surface area contributed by atoms with Gasteiger partial charge in [0.05, 0.1) is 11.5 Å². The minimum absolute atomic E-state index is 0.0972. The zero-order valence-electron chi connectivity index (χ0n) is 9.81. The number of anilines is 1. The molecule has 0 unspecified atom stereocenters. The molecule has 0 bridgehead atoms. The first-order valence-corrected chi connectivity index (χ1v) is 5.74. The monoisotopic (exact) mass is 236 g/mol. The third-order valence-corrected chi connectivity index (χ3v) is 2.88.